The molecule has 0 heterocycles. The highest BCUT2D eigenvalue weighted by Gasteiger charge is 2.17. The van der Waals surface area contributed by atoms with Crippen LogP contribution in [0.2, 0.25) is 0 Å². The van der Waals surface area contributed by atoms with Crippen molar-refractivity contribution in [3.8, 4) is 0 Å². The molecular weight excluding hydrogens is 196 g/mol. The Labute approximate surface area is 98.2 Å². The highest BCUT2D eigenvalue weighted by atomic mass is 14.9. The molecule has 1 aliphatic rings. The molecule has 1 fully saturated rings. The molecule has 1 aromatic carbocycles. The number of hydrogen-bond acceptors (Lipinski definition) is 2. The lowest BCUT2D eigenvalue weighted by atomic mass is 9.92. The quantitative estimate of drug-likeness (QED) is 0.817. The third-order valence-corrected chi connectivity index (χ3v) is 3.49. The van der Waals surface area contributed by atoms with Crippen LogP contribution in [0.4, 0.5) is 0 Å². The van der Waals surface area contributed by atoms with Gasteiger partial charge in [0, 0.05) is 18.6 Å². The highest BCUT2D eigenvalue weighted by molar-refractivity contribution is 5.21. The molecule has 0 radical (unpaired) electrons. The summed E-state index contributed by atoms with van der Waals surface area (Å²) in [7, 11) is 0. The Kier molecular flexibility index (Phi) is 3.97. The Balaban J connectivity index is 1.77. The molecule has 16 heavy (non-hydrogen) atoms. The van der Waals surface area contributed by atoms with Gasteiger partial charge in [-0.1, -0.05) is 29.8 Å². The fourth-order valence-electron chi connectivity index (χ4n) is 2.29. The summed E-state index contributed by atoms with van der Waals surface area (Å²) >= 11 is 0. The van der Waals surface area contributed by atoms with E-state index in [1.165, 1.54) is 36.8 Å². The molecule has 0 bridgehead atoms. The average molecular weight is 218 g/mol. The van der Waals surface area contributed by atoms with Gasteiger partial charge in [-0.3, -0.25) is 0 Å². The molecule has 0 aromatic heterocycles. The van der Waals surface area contributed by atoms with Crippen LogP contribution in [0.15, 0.2) is 24.3 Å². The largest absolute Gasteiger partial charge is 0.328 e. The van der Waals surface area contributed by atoms with Crippen LogP contribution in [0.25, 0.3) is 0 Å². The molecule has 3 N–H and O–H groups in total. The van der Waals surface area contributed by atoms with Gasteiger partial charge in [-0.25, -0.2) is 0 Å². The maximum absolute atomic E-state index is 5.89. The van der Waals surface area contributed by atoms with Crippen molar-refractivity contribution in [2.75, 3.05) is 0 Å². The van der Waals surface area contributed by atoms with Gasteiger partial charge < -0.3 is 11.1 Å². The zero-order chi connectivity index (χ0) is 11.4. The van der Waals surface area contributed by atoms with E-state index in [9.17, 15) is 0 Å². The van der Waals surface area contributed by atoms with E-state index in [4.69, 9.17) is 5.73 Å². The van der Waals surface area contributed by atoms with Crippen LogP contribution in [-0.2, 0) is 6.54 Å². The van der Waals surface area contributed by atoms with E-state index in [0.717, 1.165) is 6.54 Å². The zero-order valence-corrected chi connectivity index (χ0v) is 10.1. The second-order valence-electron chi connectivity index (χ2n) is 4.98. The van der Waals surface area contributed by atoms with Crippen molar-refractivity contribution in [1.29, 1.82) is 0 Å². The monoisotopic (exact) mass is 218 g/mol. The maximum atomic E-state index is 5.89. The van der Waals surface area contributed by atoms with Crippen molar-refractivity contribution in [2.24, 2.45) is 5.73 Å². The van der Waals surface area contributed by atoms with Crippen LogP contribution in [0.5, 0.6) is 0 Å². The van der Waals surface area contributed by atoms with E-state index in [2.05, 4.69) is 36.5 Å². The Hall–Kier alpha value is -0.860. The Morgan fingerprint density at radius 1 is 1.12 bits per heavy atom. The van der Waals surface area contributed by atoms with Crippen molar-refractivity contribution < 1.29 is 0 Å². The minimum absolute atomic E-state index is 0.442. The minimum atomic E-state index is 0.442. The lowest BCUT2D eigenvalue weighted by molar-refractivity contribution is 0.342. The van der Waals surface area contributed by atoms with E-state index < -0.39 is 0 Å². The SMILES string of the molecule is Cc1ccc(CNC2CCC(N)CC2)cc1. The second kappa shape index (κ2) is 5.46. The number of aryl methyl sites for hydroxylation is 1. The molecule has 0 unspecified atom stereocenters. The lowest BCUT2D eigenvalue weighted by Gasteiger charge is -2.27. The van der Waals surface area contributed by atoms with Crippen LogP contribution in [0.1, 0.15) is 36.8 Å². The highest BCUT2D eigenvalue weighted by Crippen LogP contribution is 2.17. The summed E-state index contributed by atoms with van der Waals surface area (Å²) in [5.74, 6) is 0. The third kappa shape index (κ3) is 3.32. The summed E-state index contributed by atoms with van der Waals surface area (Å²) < 4.78 is 0. The summed E-state index contributed by atoms with van der Waals surface area (Å²) in [6.07, 6.45) is 4.80. The van der Waals surface area contributed by atoms with Crippen molar-refractivity contribution in [3.05, 3.63) is 35.4 Å². The molecule has 1 saturated carbocycles. The van der Waals surface area contributed by atoms with E-state index in [1.807, 2.05) is 0 Å². The van der Waals surface area contributed by atoms with E-state index >= 15 is 0 Å². The fourth-order valence-corrected chi connectivity index (χ4v) is 2.29. The van der Waals surface area contributed by atoms with Gasteiger partial charge in [-0.05, 0) is 38.2 Å². The Morgan fingerprint density at radius 2 is 1.75 bits per heavy atom. The van der Waals surface area contributed by atoms with Gasteiger partial charge in [-0.15, -0.1) is 0 Å². The van der Waals surface area contributed by atoms with Crippen molar-refractivity contribution in [3.63, 3.8) is 0 Å². The number of nitrogens with two attached hydrogens (primary N) is 1. The van der Waals surface area contributed by atoms with Gasteiger partial charge >= 0.3 is 0 Å². The molecule has 2 heteroatoms. The molecule has 88 valence electrons. The Bertz CT molecular complexity index is 310. The lowest BCUT2D eigenvalue weighted by Crippen LogP contribution is -2.36. The topological polar surface area (TPSA) is 38.0 Å². The van der Waals surface area contributed by atoms with Crippen LogP contribution in [-0.4, -0.2) is 12.1 Å². The van der Waals surface area contributed by atoms with E-state index in [-0.39, 0.29) is 0 Å². The van der Waals surface area contributed by atoms with Crippen LogP contribution < -0.4 is 11.1 Å². The zero-order valence-electron chi connectivity index (χ0n) is 10.1. The second-order valence-corrected chi connectivity index (χ2v) is 4.98. The summed E-state index contributed by atoms with van der Waals surface area (Å²) in [6.45, 7) is 3.11. The van der Waals surface area contributed by atoms with Gasteiger partial charge in [-0.2, -0.15) is 0 Å². The van der Waals surface area contributed by atoms with Gasteiger partial charge in [0.1, 0.15) is 0 Å². The molecule has 2 nitrogen and oxygen atoms in total. The first-order valence-electron chi connectivity index (χ1n) is 6.28. The summed E-state index contributed by atoms with van der Waals surface area (Å²) in [6, 6.07) is 9.87. The van der Waals surface area contributed by atoms with Crippen LogP contribution >= 0.6 is 0 Å². The van der Waals surface area contributed by atoms with Gasteiger partial charge in [0.25, 0.3) is 0 Å². The molecule has 0 amide bonds. The van der Waals surface area contributed by atoms with E-state index in [0.29, 0.717) is 12.1 Å². The molecule has 1 aromatic rings. The normalized spacial score (nSPS) is 25.6. The van der Waals surface area contributed by atoms with Crippen molar-refractivity contribution in [1.82, 2.24) is 5.32 Å². The number of rotatable bonds is 3. The predicted molar refractivity (Wildman–Crippen MR) is 68.3 cm³/mol. The van der Waals surface area contributed by atoms with Crippen LogP contribution in [0, 0.1) is 6.92 Å². The minimum Gasteiger partial charge on any atom is -0.328 e. The smallest absolute Gasteiger partial charge is 0.0208 e. The first-order chi connectivity index (χ1) is 7.74. The van der Waals surface area contributed by atoms with Crippen molar-refractivity contribution >= 4 is 0 Å². The molecule has 0 atom stereocenters. The molecule has 2 rings (SSSR count). The first kappa shape index (κ1) is 11.6. The summed E-state index contributed by atoms with van der Waals surface area (Å²) in [4.78, 5) is 0. The van der Waals surface area contributed by atoms with Gasteiger partial charge in [0.2, 0.25) is 0 Å². The fraction of sp³-hybridized carbons (Fsp3) is 0.571. The molecule has 1 aliphatic carbocycles. The van der Waals surface area contributed by atoms with E-state index in [1.54, 1.807) is 0 Å². The molecule has 0 spiro atoms. The average Bonchev–Trinajstić information content (AvgIpc) is 2.30. The first-order valence-corrected chi connectivity index (χ1v) is 6.28. The maximum Gasteiger partial charge on any atom is 0.0208 e. The Morgan fingerprint density at radius 3 is 2.38 bits per heavy atom. The standard InChI is InChI=1S/C14H22N2/c1-11-2-4-12(5-3-11)10-16-14-8-6-13(15)7-9-14/h2-5,13-14,16H,6-10,15H2,1H3. The molecular formula is C14H22N2. The number of nitrogens with one attached hydrogen (secondary N) is 1. The van der Waals surface area contributed by atoms with Gasteiger partial charge in [0.05, 0.1) is 0 Å². The number of hydrogen-bond donors (Lipinski definition) is 2. The molecule has 0 saturated heterocycles. The third-order valence-electron chi connectivity index (χ3n) is 3.49. The number of benzene rings is 1. The van der Waals surface area contributed by atoms with Crippen LogP contribution in [0.3, 0.4) is 0 Å². The summed E-state index contributed by atoms with van der Waals surface area (Å²) in [5, 5.41) is 3.62. The predicted octanol–water partition coefficient (Wildman–Crippen LogP) is 2.35. The van der Waals surface area contributed by atoms with Crippen molar-refractivity contribution in [2.45, 2.75) is 51.2 Å². The van der Waals surface area contributed by atoms with Gasteiger partial charge in [0.15, 0.2) is 0 Å². The molecule has 0 aliphatic heterocycles. The summed E-state index contributed by atoms with van der Waals surface area (Å²) in [5.41, 5.74) is 8.59.